The van der Waals surface area contributed by atoms with Crippen LogP contribution in [0.5, 0.6) is 5.75 Å². The fraction of sp³-hybridized carbons (Fsp3) is 0.381. The first-order valence-corrected chi connectivity index (χ1v) is 11.9. The van der Waals surface area contributed by atoms with Gasteiger partial charge in [-0.3, -0.25) is 4.79 Å². The number of halogens is 4. The molecule has 180 valence electrons. The summed E-state index contributed by atoms with van der Waals surface area (Å²) in [5, 5.41) is 0.116. The predicted octanol–water partition coefficient (Wildman–Crippen LogP) is 3.38. The minimum atomic E-state index is -4.44. The second kappa shape index (κ2) is 9.78. The smallest absolute Gasteiger partial charge is 0.416 e. The van der Waals surface area contributed by atoms with Crippen molar-refractivity contribution in [1.82, 2.24) is 9.62 Å². The summed E-state index contributed by atoms with van der Waals surface area (Å²) in [5.74, 6) is -0.111. The van der Waals surface area contributed by atoms with Crippen molar-refractivity contribution in [1.29, 1.82) is 0 Å². The molecule has 1 atom stereocenters. The molecule has 1 N–H and O–H groups in total. The van der Waals surface area contributed by atoms with Gasteiger partial charge in [-0.25, -0.2) is 8.42 Å². The van der Waals surface area contributed by atoms with E-state index >= 15 is 0 Å². The molecule has 0 aliphatic carbocycles. The van der Waals surface area contributed by atoms with Gasteiger partial charge in [0.1, 0.15) is 5.75 Å². The highest BCUT2D eigenvalue weighted by atomic mass is 35.5. The number of nitrogens with one attached hydrogen (secondary N) is 1. The van der Waals surface area contributed by atoms with Gasteiger partial charge in [0.15, 0.2) is 0 Å². The summed E-state index contributed by atoms with van der Waals surface area (Å²) in [4.78, 5) is 15.9. The van der Waals surface area contributed by atoms with Gasteiger partial charge in [-0.15, -0.1) is 0 Å². The van der Waals surface area contributed by atoms with Crippen LogP contribution in [0.15, 0.2) is 47.4 Å². The Morgan fingerprint density at radius 3 is 2.36 bits per heavy atom. The number of carbonyl (C=O) groups excluding carboxylic acids is 1. The Balaban J connectivity index is 1.62. The number of anilines is 1. The van der Waals surface area contributed by atoms with Crippen molar-refractivity contribution in [3.05, 3.63) is 53.1 Å². The molecule has 1 aliphatic heterocycles. The van der Waals surface area contributed by atoms with Crippen molar-refractivity contribution >= 4 is 33.2 Å². The molecule has 2 aromatic carbocycles. The minimum absolute atomic E-state index is 0.109. The molecule has 12 heteroatoms. The van der Waals surface area contributed by atoms with Crippen LogP contribution >= 0.6 is 11.6 Å². The first kappa shape index (κ1) is 25.1. The normalized spacial score (nSPS) is 15.9. The maximum atomic E-state index is 13.0. The standard InChI is InChI=1S/C21H23ClF3N3O4S/c1-14(26-33(30,31)17-6-7-19(32-2)18(22)13-17)20(29)28-10-8-27(9-11-28)16-5-3-4-15(12-16)21(23,24)25/h3-7,12-14,26H,8-11H2,1-2H3/t14-/m0/s1. The number of sulfonamides is 1. The lowest BCUT2D eigenvalue weighted by Crippen LogP contribution is -2.54. The van der Waals surface area contributed by atoms with E-state index in [9.17, 15) is 26.4 Å². The highest BCUT2D eigenvalue weighted by Crippen LogP contribution is 2.32. The molecule has 0 bridgehead atoms. The molecule has 0 unspecified atom stereocenters. The third-order valence-corrected chi connectivity index (χ3v) is 7.10. The lowest BCUT2D eigenvalue weighted by Gasteiger charge is -2.37. The number of piperazine rings is 1. The Morgan fingerprint density at radius 2 is 1.79 bits per heavy atom. The number of rotatable bonds is 6. The van der Waals surface area contributed by atoms with E-state index in [0.717, 1.165) is 12.1 Å². The Morgan fingerprint density at radius 1 is 1.12 bits per heavy atom. The van der Waals surface area contributed by atoms with Crippen molar-refractivity contribution < 1.29 is 31.1 Å². The zero-order chi connectivity index (χ0) is 24.4. The Kier molecular flexibility index (Phi) is 7.45. The molecule has 1 saturated heterocycles. The van der Waals surface area contributed by atoms with Crippen LogP contribution in [0.25, 0.3) is 0 Å². The number of hydrogen-bond acceptors (Lipinski definition) is 5. The molecule has 2 aromatic rings. The summed E-state index contributed by atoms with van der Waals surface area (Å²) >= 11 is 6.00. The van der Waals surface area contributed by atoms with Crippen LogP contribution in [0.4, 0.5) is 18.9 Å². The van der Waals surface area contributed by atoms with Gasteiger partial charge in [-0.2, -0.15) is 17.9 Å². The van der Waals surface area contributed by atoms with Crippen molar-refractivity contribution in [3.8, 4) is 5.75 Å². The van der Waals surface area contributed by atoms with Gasteiger partial charge in [0.05, 0.1) is 28.6 Å². The molecular formula is C21H23ClF3N3O4S. The second-order valence-corrected chi connectivity index (χ2v) is 9.62. The minimum Gasteiger partial charge on any atom is -0.495 e. The van der Waals surface area contributed by atoms with E-state index in [1.807, 2.05) is 0 Å². The largest absolute Gasteiger partial charge is 0.495 e. The van der Waals surface area contributed by atoms with Gasteiger partial charge in [0, 0.05) is 31.9 Å². The van der Waals surface area contributed by atoms with E-state index in [1.54, 1.807) is 11.0 Å². The van der Waals surface area contributed by atoms with Crippen molar-refractivity contribution in [3.63, 3.8) is 0 Å². The third-order valence-electron chi connectivity index (χ3n) is 5.27. The van der Waals surface area contributed by atoms with E-state index in [1.165, 1.54) is 43.2 Å². The van der Waals surface area contributed by atoms with Crippen LogP contribution < -0.4 is 14.4 Å². The zero-order valence-corrected chi connectivity index (χ0v) is 19.5. The number of amides is 1. The van der Waals surface area contributed by atoms with Crippen LogP contribution in [0, 0.1) is 0 Å². The topological polar surface area (TPSA) is 78.9 Å². The summed E-state index contributed by atoms with van der Waals surface area (Å²) in [7, 11) is -2.61. The number of ether oxygens (including phenoxy) is 1. The molecule has 0 saturated carbocycles. The fourth-order valence-electron chi connectivity index (χ4n) is 3.50. The lowest BCUT2D eigenvalue weighted by molar-refractivity contribution is -0.137. The molecule has 1 amide bonds. The van der Waals surface area contributed by atoms with Crippen LogP contribution in [-0.2, 0) is 21.0 Å². The van der Waals surface area contributed by atoms with Gasteiger partial charge >= 0.3 is 6.18 Å². The Bertz CT molecular complexity index is 1120. The summed E-state index contributed by atoms with van der Waals surface area (Å²) in [5.41, 5.74) is -0.317. The first-order valence-electron chi connectivity index (χ1n) is 9.99. The van der Waals surface area contributed by atoms with Gasteiger partial charge in [-0.05, 0) is 43.3 Å². The lowest BCUT2D eigenvalue weighted by atomic mass is 10.1. The SMILES string of the molecule is COc1ccc(S(=O)(=O)N[C@@H](C)C(=O)N2CCN(c3cccc(C(F)(F)F)c3)CC2)cc1Cl. The first-order chi connectivity index (χ1) is 15.4. The number of alkyl halides is 3. The summed E-state index contributed by atoms with van der Waals surface area (Å²) in [6.45, 7) is 2.57. The predicted molar refractivity (Wildman–Crippen MR) is 118 cm³/mol. The quantitative estimate of drug-likeness (QED) is 0.651. The van der Waals surface area contributed by atoms with E-state index in [2.05, 4.69) is 4.72 Å². The van der Waals surface area contributed by atoms with Crippen LogP contribution in [0.2, 0.25) is 5.02 Å². The highest BCUT2D eigenvalue weighted by Gasteiger charge is 2.32. The molecular weight excluding hydrogens is 483 g/mol. The maximum Gasteiger partial charge on any atom is 0.416 e. The van der Waals surface area contributed by atoms with E-state index in [4.69, 9.17) is 16.3 Å². The highest BCUT2D eigenvalue weighted by molar-refractivity contribution is 7.89. The summed E-state index contributed by atoms with van der Waals surface area (Å²) in [6, 6.07) is 7.93. The number of nitrogens with zero attached hydrogens (tertiary/aromatic N) is 2. The monoisotopic (exact) mass is 505 g/mol. The van der Waals surface area contributed by atoms with Gasteiger partial charge in [-0.1, -0.05) is 17.7 Å². The fourth-order valence-corrected chi connectivity index (χ4v) is 5.05. The maximum absolute atomic E-state index is 13.0. The number of hydrogen-bond donors (Lipinski definition) is 1. The van der Waals surface area contributed by atoms with E-state index in [0.29, 0.717) is 24.5 Å². The van der Waals surface area contributed by atoms with Crippen LogP contribution in [0.1, 0.15) is 12.5 Å². The van der Waals surface area contributed by atoms with Crippen LogP contribution in [0.3, 0.4) is 0 Å². The molecule has 1 heterocycles. The zero-order valence-electron chi connectivity index (χ0n) is 17.9. The second-order valence-electron chi connectivity index (χ2n) is 7.50. The molecule has 0 spiro atoms. The third kappa shape index (κ3) is 5.90. The van der Waals surface area contributed by atoms with Gasteiger partial charge in [0.25, 0.3) is 0 Å². The summed E-state index contributed by atoms with van der Waals surface area (Å²) < 4.78 is 71.6. The summed E-state index contributed by atoms with van der Waals surface area (Å²) in [6.07, 6.45) is -4.44. The molecule has 1 aliphatic rings. The molecule has 1 fully saturated rings. The average molecular weight is 506 g/mol. The Labute approximate surface area is 195 Å². The van der Waals surface area contributed by atoms with Crippen molar-refractivity contribution in [2.24, 2.45) is 0 Å². The van der Waals surface area contributed by atoms with Gasteiger partial charge < -0.3 is 14.5 Å². The number of methoxy groups -OCH3 is 1. The average Bonchev–Trinajstić information content (AvgIpc) is 2.78. The van der Waals surface area contributed by atoms with E-state index in [-0.39, 0.29) is 23.0 Å². The van der Waals surface area contributed by atoms with Crippen molar-refractivity contribution in [2.45, 2.75) is 24.0 Å². The number of carbonyl (C=O) groups is 1. The molecule has 0 radical (unpaired) electrons. The van der Waals surface area contributed by atoms with E-state index < -0.39 is 33.7 Å². The van der Waals surface area contributed by atoms with Crippen LogP contribution in [-0.4, -0.2) is 58.6 Å². The molecule has 33 heavy (non-hydrogen) atoms. The molecule has 7 nitrogen and oxygen atoms in total. The van der Waals surface area contributed by atoms with Crippen molar-refractivity contribution in [2.75, 3.05) is 38.2 Å². The number of benzene rings is 2. The molecule has 3 rings (SSSR count). The van der Waals surface area contributed by atoms with Gasteiger partial charge in [0.2, 0.25) is 15.9 Å². The molecule has 0 aromatic heterocycles. The Hall–Kier alpha value is -2.50.